The van der Waals surface area contributed by atoms with E-state index in [4.69, 9.17) is 5.73 Å². The van der Waals surface area contributed by atoms with Gasteiger partial charge < -0.3 is 11.1 Å². The van der Waals surface area contributed by atoms with Gasteiger partial charge in [0.05, 0.1) is 0 Å². The van der Waals surface area contributed by atoms with Crippen LogP contribution >= 0.6 is 0 Å². The van der Waals surface area contributed by atoms with E-state index in [9.17, 15) is 0 Å². The van der Waals surface area contributed by atoms with Gasteiger partial charge in [-0.2, -0.15) is 0 Å². The van der Waals surface area contributed by atoms with Crippen LogP contribution in [0.15, 0.2) is 30.3 Å². The van der Waals surface area contributed by atoms with E-state index in [1.165, 1.54) is 31.2 Å². The Hall–Kier alpha value is -0.860. The first-order chi connectivity index (χ1) is 8.30. The topological polar surface area (TPSA) is 38.0 Å². The summed E-state index contributed by atoms with van der Waals surface area (Å²) < 4.78 is 0. The normalized spacial score (nSPS) is 28.5. The first kappa shape index (κ1) is 12.6. The molecule has 0 saturated heterocycles. The molecular formula is C15H24N2. The average molecular weight is 232 g/mol. The van der Waals surface area contributed by atoms with Gasteiger partial charge in [0.15, 0.2) is 0 Å². The molecule has 0 spiro atoms. The zero-order chi connectivity index (χ0) is 12.1. The second-order valence-electron chi connectivity index (χ2n) is 5.20. The number of nitrogens with one attached hydrogen (secondary N) is 1. The van der Waals surface area contributed by atoms with E-state index >= 15 is 0 Å². The summed E-state index contributed by atoms with van der Waals surface area (Å²) in [4.78, 5) is 0. The van der Waals surface area contributed by atoms with Gasteiger partial charge in [0.1, 0.15) is 0 Å². The van der Waals surface area contributed by atoms with Crippen LogP contribution in [0.2, 0.25) is 0 Å². The fraction of sp³-hybridized carbons (Fsp3) is 0.600. The molecule has 2 rings (SSSR count). The number of rotatable bonds is 5. The van der Waals surface area contributed by atoms with Gasteiger partial charge in [-0.3, -0.25) is 0 Å². The van der Waals surface area contributed by atoms with Gasteiger partial charge in [-0.1, -0.05) is 50.1 Å². The molecule has 2 unspecified atom stereocenters. The Balaban J connectivity index is 2.00. The number of nitrogens with two attached hydrogens (primary N) is 1. The Labute approximate surface area is 105 Å². The van der Waals surface area contributed by atoms with E-state index in [0.29, 0.717) is 0 Å². The van der Waals surface area contributed by atoms with Gasteiger partial charge in [-0.05, 0) is 24.3 Å². The summed E-state index contributed by atoms with van der Waals surface area (Å²) in [5, 5.41) is 3.74. The fourth-order valence-corrected chi connectivity index (χ4v) is 3.19. The largest absolute Gasteiger partial charge is 0.329 e. The van der Waals surface area contributed by atoms with E-state index in [2.05, 4.69) is 42.6 Å². The van der Waals surface area contributed by atoms with E-state index in [0.717, 1.165) is 19.0 Å². The first-order valence-corrected chi connectivity index (χ1v) is 6.80. The van der Waals surface area contributed by atoms with Crippen LogP contribution < -0.4 is 11.1 Å². The maximum atomic E-state index is 6.04. The van der Waals surface area contributed by atoms with Crippen molar-refractivity contribution in [1.29, 1.82) is 0 Å². The highest BCUT2D eigenvalue weighted by molar-refractivity contribution is 5.15. The van der Waals surface area contributed by atoms with Crippen LogP contribution in [-0.4, -0.2) is 12.1 Å². The molecule has 3 N–H and O–H groups in total. The SMILES string of the molecule is CCC1CCCC1(CN)NCc1ccccc1. The van der Waals surface area contributed by atoms with Crippen molar-refractivity contribution in [3.8, 4) is 0 Å². The Kier molecular flexibility index (Phi) is 4.19. The summed E-state index contributed by atoms with van der Waals surface area (Å²) in [6, 6.07) is 10.6. The lowest BCUT2D eigenvalue weighted by molar-refractivity contribution is 0.243. The van der Waals surface area contributed by atoms with Gasteiger partial charge in [-0.25, -0.2) is 0 Å². The van der Waals surface area contributed by atoms with Crippen molar-refractivity contribution in [3.05, 3.63) is 35.9 Å². The van der Waals surface area contributed by atoms with Crippen LogP contribution in [-0.2, 0) is 6.54 Å². The number of benzene rings is 1. The fourth-order valence-electron chi connectivity index (χ4n) is 3.19. The minimum atomic E-state index is 0.185. The Bertz CT molecular complexity index is 336. The van der Waals surface area contributed by atoms with E-state index in [1.54, 1.807) is 0 Å². The molecular weight excluding hydrogens is 208 g/mol. The van der Waals surface area contributed by atoms with Gasteiger partial charge in [0, 0.05) is 18.6 Å². The molecule has 2 heteroatoms. The molecule has 0 aliphatic heterocycles. The lowest BCUT2D eigenvalue weighted by Gasteiger charge is -2.35. The summed E-state index contributed by atoms with van der Waals surface area (Å²) in [6.07, 6.45) is 5.11. The lowest BCUT2D eigenvalue weighted by atomic mass is 9.85. The van der Waals surface area contributed by atoms with E-state index in [1.807, 2.05) is 0 Å². The Morgan fingerprint density at radius 1 is 1.35 bits per heavy atom. The molecule has 0 amide bonds. The Morgan fingerprint density at radius 2 is 2.12 bits per heavy atom. The molecule has 0 aromatic heterocycles. The van der Waals surface area contributed by atoms with Crippen LogP contribution in [0.5, 0.6) is 0 Å². The van der Waals surface area contributed by atoms with Crippen molar-refractivity contribution in [1.82, 2.24) is 5.32 Å². The molecule has 0 heterocycles. The van der Waals surface area contributed by atoms with Crippen LogP contribution in [0, 0.1) is 5.92 Å². The van der Waals surface area contributed by atoms with Crippen molar-refractivity contribution in [2.75, 3.05) is 6.54 Å². The van der Waals surface area contributed by atoms with Crippen LogP contribution in [0.25, 0.3) is 0 Å². The van der Waals surface area contributed by atoms with E-state index in [-0.39, 0.29) is 5.54 Å². The summed E-state index contributed by atoms with van der Waals surface area (Å²) in [5.74, 6) is 0.746. The molecule has 1 aromatic carbocycles. The predicted octanol–water partition coefficient (Wildman–Crippen LogP) is 2.68. The Morgan fingerprint density at radius 3 is 2.76 bits per heavy atom. The summed E-state index contributed by atoms with van der Waals surface area (Å²) >= 11 is 0. The molecule has 0 radical (unpaired) electrons. The maximum Gasteiger partial charge on any atom is 0.0335 e. The molecule has 0 bridgehead atoms. The molecule has 1 aromatic rings. The molecule has 2 nitrogen and oxygen atoms in total. The molecule has 1 fully saturated rings. The number of hydrogen-bond donors (Lipinski definition) is 2. The summed E-state index contributed by atoms with van der Waals surface area (Å²) in [7, 11) is 0. The van der Waals surface area contributed by atoms with Gasteiger partial charge >= 0.3 is 0 Å². The van der Waals surface area contributed by atoms with Crippen LogP contribution in [0.1, 0.15) is 38.2 Å². The highest BCUT2D eigenvalue weighted by Gasteiger charge is 2.39. The highest BCUT2D eigenvalue weighted by atomic mass is 15.0. The van der Waals surface area contributed by atoms with Crippen LogP contribution in [0.4, 0.5) is 0 Å². The van der Waals surface area contributed by atoms with Gasteiger partial charge in [0.25, 0.3) is 0 Å². The molecule has 1 aliphatic carbocycles. The second-order valence-corrected chi connectivity index (χ2v) is 5.20. The van der Waals surface area contributed by atoms with Crippen molar-refractivity contribution in [2.45, 2.75) is 44.7 Å². The highest BCUT2D eigenvalue weighted by Crippen LogP contribution is 2.37. The summed E-state index contributed by atoms with van der Waals surface area (Å²) in [6.45, 7) is 3.98. The second kappa shape index (κ2) is 5.65. The van der Waals surface area contributed by atoms with Gasteiger partial charge in [-0.15, -0.1) is 0 Å². The maximum absolute atomic E-state index is 6.04. The quantitative estimate of drug-likeness (QED) is 0.819. The molecule has 1 saturated carbocycles. The van der Waals surface area contributed by atoms with Crippen molar-refractivity contribution < 1.29 is 0 Å². The third-order valence-electron chi connectivity index (χ3n) is 4.30. The minimum absolute atomic E-state index is 0.185. The lowest BCUT2D eigenvalue weighted by Crippen LogP contribution is -2.53. The predicted molar refractivity (Wildman–Crippen MR) is 72.7 cm³/mol. The van der Waals surface area contributed by atoms with Gasteiger partial charge in [0.2, 0.25) is 0 Å². The van der Waals surface area contributed by atoms with Crippen molar-refractivity contribution >= 4 is 0 Å². The third-order valence-corrected chi connectivity index (χ3v) is 4.30. The first-order valence-electron chi connectivity index (χ1n) is 6.80. The van der Waals surface area contributed by atoms with E-state index < -0.39 is 0 Å². The molecule has 17 heavy (non-hydrogen) atoms. The average Bonchev–Trinajstić information content (AvgIpc) is 2.81. The zero-order valence-corrected chi connectivity index (χ0v) is 10.8. The molecule has 94 valence electrons. The number of hydrogen-bond acceptors (Lipinski definition) is 2. The standard InChI is InChI=1S/C15H24N2/c1-2-14-9-6-10-15(14,12-16)17-11-13-7-4-3-5-8-13/h3-5,7-8,14,17H,2,6,9-12,16H2,1H3. The third kappa shape index (κ3) is 2.70. The summed E-state index contributed by atoms with van der Waals surface area (Å²) in [5.41, 5.74) is 7.57. The van der Waals surface area contributed by atoms with Crippen molar-refractivity contribution in [2.24, 2.45) is 11.7 Å². The zero-order valence-electron chi connectivity index (χ0n) is 10.8. The monoisotopic (exact) mass is 232 g/mol. The smallest absolute Gasteiger partial charge is 0.0335 e. The van der Waals surface area contributed by atoms with Crippen molar-refractivity contribution in [3.63, 3.8) is 0 Å². The molecule has 1 aliphatic rings. The van der Waals surface area contributed by atoms with Crippen LogP contribution in [0.3, 0.4) is 0 Å². The minimum Gasteiger partial charge on any atom is -0.329 e. The molecule has 2 atom stereocenters.